The van der Waals surface area contributed by atoms with Crippen LogP contribution in [0.1, 0.15) is 17.0 Å². The first-order chi connectivity index (χ1) is 13.6. The van der Waals surface area contributed by atoms with Crippen LogP contribution in [0, 0.1) is 11.3 Å². The molecule has 2 aromatic carbocycles. The van der Waals surface area contributed by atoms with E-state index in [0.29, 0.717) is 34.5 Å². The van der Waals surface area contributed by atoms with Gasteiger partial charge >= 0.3 is 0 Å². The first-order valence-corrected chi connectivity index (χ1v) is 8.42. The lowest BCUT2D eigenvalue weighted by Gasteiger charge is -2.27. The molecular formula is C20H18N2O6. The first kappa shape index (κ1) is 17.7. The van der Waals surface area contributed by atoms with Crippen molar-refractivity contribution in [2.24, 2.45) is 5.73 Å². The summed E-state index contributed by atoms with van der Waals surface area (Å²) < 4.78 is 32.9. The maximum Gasteiger partial charge on any atom is 0.231 e. The molecule has 0 aliphatic carbocycles. The number of methoxy groups -OCH3 is 3. The van der Waals surface area contributed by atoms with Crippen molar-refractivity contribution in [2.45, 2.75) is 5.92 Å². The third-order valence-electron chi connectivity index (χ3n) is 4.73. The smallest absolute Gasteiger partial charge is 0.231 e. The molecule has 0 spiro atoms. The second-order valence-corrected chi connectivity index (χ2v) is 6.13. The summed E-state index contributed by atoms with van der Waals surface area (Å²) in [5, 5.41) is 9.75. The molecule has 4 rings (SSSR count). The Balaban J connectivity index is 1.95. The first-order valence-electron chi connectivity index (χ1n) is 8.42. The summed E-state index contributed by atoms with van der Waals surface area (Å²) in [5.41, 5.74) is 7.79. The Hall–Kier alpha value is -3.73. The summed E-state index contributed by atoms with van der Waals surface area (Å²) in [5.74, 6) is 2.59. The summed E-state index contributed by atoms with van der Waals surface area (Å²) in [6.07, 6.45) is 0. The van der Waals surface area contributed by atoms with Crippen LogP contribution in [0.15, 0.2) is 35.7 Å². The molecule has 2 N–H and O–H groups in total. The van der Waals surface area contributed by atoms with Crippen molar-refractivity contribution < 1.29 is 28.4 Å². The van der Waals surface area contributed by atoms with Gasteiger partial charge < -0.3 is 34.2 Å². The van der Waals surface area contributed by atoms with Crippen molar-refractivity contribution in [3.63, 3.8) is 0 Å². The Morgan fingerprint density at radius 1 is 0.964 bits per heavy atom. The van der Waals surface area contributed by atoms with Crippen molar-refractivity contribution in [2.75, 3.05) is 28.1 Å². The predicted octanol–water partition coefficient (Wildman–Crippen LogP) is 2.66. The Morgan fingerprint density at radius 2 is 1.61 bits per heavy atom. The fraction of sp³-hybridized carbons (Fsp3) is 0.250. The van der Waals surface area contributed by atoms with Gasteiger partial charge in [-0.2, -0.15) is 5.26 Å². The lowest BCUT2D eigenvalue weighted by molar-refractivity contribution is 0.174. The monoisotopic (exact) mass is 382 g/mol. The molecule has 28 heavy (non-hydrogen) atoms. The molecule has 2 aliphatic heterocycles. The summed E-state index contributed by atoms with van der Waals surface area (Å²) >= 11 is 0. The largest absolute Gasteiger partial charge is 0.493 e. The van der Waals surface area contributed by atoms with Crippen LogP contribution in [0.3, 0.4) is 0 Å². The maximum absolute atomic E-state index is 9.75. The molecule has 2 aliphatic rings. The van der Waals surface area contributed by atoms with E-state index in [1.54, 1.807) is 24.3 Å². The SMILES string of the molecule is COc1cc([C@@H]2C(C#N)=C(N)Oc3cc4c(cc32)OCO4)cc(OC)c1OC. The minimum atomic E-state index is -0.503. The van der Waals surface area contributed by atoms with E-state index in [0.717, 1.165) is 11.1 Å². The van der Waals surface area contributed by atoms with Gasteiger partial charge in [0.25, 0.3) is 0 Å². The number of hydrogen-bond acceptors (Lipinski definition) is 8. The van der Waals surface area contributed by atoms with E-state index in [2.05, 4.69) is 6.07 Å². The van der Waals surface area contributed by atoms with E-state index in [-0.39, 0.29) is 18.2 Å². The molecule has 0 bridgehead atoms. The van der Waals surface area contributed by atoms with Gasteiger partial charge in [0.15, 0.2) is 23.0 Å². The second-order valence-electron chi connectivity index (χ2n) is 6.13. The number of hydrogen-bond donors (Lipinski definition) is 1. The highest BCUT2D eigenvalue weighted by atomic mass is 16.7. The second kappa shape index (κ2) is 6.78. The zero-order valence-electron chi connectivity index (χ0n) is 15.6. The van der Waals surface area contributed by atoms with Gasteiger partial charge in [0.2, 0.25) is 18.4 Å². The average molecular weight is 382 g/mol. The Bertz CT molecular complexity index is 999. The number of ether oxygens (including phenoxy) is 6. The maximum atomic E-state index is 9.75. The number of nitriles is 1. The topological polar surface area (TPSA) is 105 Å². The van der Waals surface area contributed by atoms with E-state index < -0.39 is 5.92 Å². The molecule has 8 nitrogen and oxygen atoms in total. The van der Waals surface area contributed by atoms with E-state index in [1.807, 2.05) is 0 Å². The van der Waals surface area contributed by atoms with Crippen LogP contribution in [-0.4, -0.2) is 28.1 Å². The molecule has 0 saturated carbocycles. The molecule has 0 fully saturated rings. The molecule has 1 atom stereocenters. The number of fused-ring (bicyclic) bond motifs is 2. The van der Waals surface area contributed by atoms with Crippen molar-refractivity contribution in [3.8, 4) is 40.6 Å². The van der Waals surface area contributed by atoms with E-state index in [1.165, 1.54) is 21.3 Å². The molecule has 2 aromatic rings. The predicted molar refractivity (Wildman–Crippen MR) is 98.0 cm³/mol. The Labute approximate surface area is 161 Å². The normalized spacial score (nSPS) is 16.7. The summed E-state index contributed by atoms with van der Waals surface area (Å²) in [4.78, 5) is 0. The fourth-order valence-corrected chi connectivity index (χ4v) is 3.46. The van der Waals surface area contributed by atoms with Crippen LogP contribution in [0.25, 0.3) is 0 Å². The minimum Gasteiger partial charge on any atom is -0.493 e. The van der Waals surface area contributed by atoms with Crippen LogP contribution in [0.4, 0.5) is 0 Å². The van der Waals surface area contributed by atoms with Crippen LogP contribution in [0.5, 0.6) is 34.5 Å². The summed E-state index contributed by atoms with van der Waals surface area (Å²) in [6, 6.07) is 9.25. The molecule has 0 saturated heterocycles. The number of rotatable bonds is 4. The third kappa shape index (κ3) is 2.60. The van der Waals surface area contributed by atoms with Gasteiger partial charge in [-0.15, -0.1) is 0 Å². The number of allylic oxidation sites excluding steroid dienone is 1. The lowest BCUT2D eigenvalue weighted by atomic mass is 9.83. The van der Waals surface area contributed by atoms with Crippen LogP contribution >= 0.6 is 0 Å². The quantitative estimate of drug-likeness (QED) is 0.860. The van der Waals surface area contributed by atoms with Crippen molar-refractivity contribution in [1.82, 2.24) is 0 Å². The van der Waals surface area contributed by atoms with Crippen LogP contribution in [-0.2, 0) is 0 Å². The van der Waals surface area contributed by atoms with Crippen LogP contribution < -0.4 is 34.2 Å². The van der Waals surface area contributed by atoms with Crippen molar-refractivity contribution in [1.29, 1.82) is 5.26 Å². The van der Waals surface area contributed by atoms with Gasteiger partial charge in [-0.05, 0) is 23.8 Å². The zero-order valence-corrected chi connectivity index (χ0v) is 15.6. The Kier molecular flexibility index (Phi) is 4.28. The lowest BCUT2D eigenvalue weighted by Crippen LogP contribution is -2.21. The summed E-state index contributed by atoms with van der Waals surface area (Å²) in [7, 11) is 4.60. The molecule has 0 aromatic heterocycles. The average Bonchev–Trinajstić information content (AvgIpc) is 3.17. The van der Waals surface area contributed by atoms with Gasteiger partial charge in [0.05, 0.1) is 27.2 Å². The van der Waals surface area contributed by atoms with Gasteiger partial charge in [0, 0.05) is 11.6 Å². The molecule has 144 valence electrons. The van der Waals surface area contributed by atoms with Gasteiger partial charge in [-0.25, -0.2) is 0 Å². The molecule has 0 amide bonds. The van der Waals surface area contributed by atoms with Gasteiger partial charge in [-0.1, -0.05) is 0 Å². The zero-order chi connectivity index (χ0) is 19.8. The molecule has 2 heterocycles. The van der Waals surface area contributed by atoms with Crippen molar-refractivity contribution in [3.05, 3.63) is 46.8 Å². The highest BCUT2D eigenvalue weighted by molar-refractivity contribution is 5.64. The molecule has 8 heteroatoms. The van der Waals surface area contributed by atoms with Gasteiger partial charge in [0.1, 0.15) is 17.4 Å². The standard InChI is InChI=1S/C20H18N2O6/c1-23-16-4-10(5-17(24-2)19(16)25-3)18-11-6-14-15(27-9-26-14)7-13(11)28-20(22)12(18)8-21/h4-7,18H,9,22H2,1-3H3/t18-/m0/s1. The molecular weight excluding hydrogens is 364 g/mol. The van der Waals surface area contributed by atoms with Gasteiger partial charge in [-0.3, -0.25) is 0 Å². The van der Waals surface area contributed by atoms with Crippen LogP contribution in [0.2, 0.25) is 0 Å². The minimum absolute atomic E-state index is 0.0348. The van der Waals surface area contributed by atoms with E-state index in [4.69, 9.17) is 34.2 Å². The number of nitrogens with two attached hydrogens (primary N) is 1. The number of benzene rings is 2. The molecule has 0 unspecified atom stereocenters. The van der Waals surface area contributed by atoms with E-state index >= 15 is 0 Å². The molecule has 0 radical (unpaired) electrons. The highest BCUT2D eigenvalue weighted by Gasteiger charge is 2.34. The fourth-order valence-electron chi connectivity index (χ4n) is 3.46. The highest BCUT2D eigenvalue weighted by Crippen LogP contribution is 2.50. The van der Waals surface area contributed by atoms with E-state index in [9.17, 15) is 5.26 Å². The Morgan fingerprint density at radius 3 is 2.18 bits per heavy atom. The van der Waals surface area contributed by atoms with Crippen molar-refractivity contribution >= 4 is 0 Å². The summed E-state index contributed by atoms with van der Waals surface area (Å²) in [6.45, 7) is 0.126. The third-order valence-corrected chi connectivity index (χ3v) is 4.73. The number of nitrogens with zero attached hydrogens (tertiary/aromatic N) is 1.